The Bertz CT molecular complexity index is 1120. The molecule has 166 valence electrons. The fraction of sp³-hybridized carbons (Fsp3) is 0.462. The number of carbonyl (C=O) groups is 1. The van der Waals surface area contributed by atoms with Crippen LogP contribution >= 0.6 is 0 Å². The summed E-state index contributed by atoms with van der Waals surface area (Å²) >= 11 is 0. The average Bonchev–Trinajstić information content (AvgIpc) is 3.51. The number of carbonyl (C=O) groups excluding carboxylic acids is 1. The van der Waals surface area contributed by atoms with Crippen molar-refractivity contribution in [2.75, 3.05) is 24.5 Å². The van der Waals surface area contributed by atoms with E-state index in [-0.39, 0.29) is 18.1 Å². The van der Waals surface area contributed by atoms with E-state index in [1.54, 1.807) is 0 Å². The first-order chi connectivity index (χ1) is 15.7. The number of hydrogen-bond donors (Lipinski definition) is 1. The number of hydrogen-bond acceptors (Lipinski definition) is 4. The third-order valence-corrected chi connectivity index (χ3v) is 7.75. The van der Waals surface area contributed by atoms with E-state index in [2.05, 4.69) is 44.8 Å². The van der Waals surface area contributed by atoms with E-state index in [0.717, 1.165) is 62.2 Å². The predicted octanol–water partition coefficient (Wildman–Crippen LogP) is 3.61. The number of para-hydroxylation sites is 2. The number of aromatic nitrogens is 2. The number of anilines is 1. The maximum Gasteiger partial charge on any atom is 0.227 e. The standard InChI is InChI=1S/C26H30N4O2/c31-25-13-20-16-28(14-18-7-9-21(10-8-18)29-11-3-6-26(29)32)15-19(20)12-24(25)30-17-27-22-4-1-2-5-23(22)30/h1-2,4-5,7-10,17,19-20,24-25,31H,3,6,11-16H2/t19-,20+,24-,25-/m1/s1. The van der Waals surface area contributed by atoms with Crippen molar-refractivity contribution in [3.8, 4) is 0 Å². The molecule has 0 unspecified atom stereocenters. The van der Waals surface area contributed by atoms with Gasteiger partial charge >= 0.3 is 0 Å². The summed E-state index contributed by atoms with van der Waals surface area (Å²) in [6.07, 6.45) is 5.05. The van der Waals surface area contributed by atoms with Gasteiger partial charge in [-0.15, -0.1) is 0 Å². The highest BCUT2D eigenvalue weighted by Gasteiger charge is 2.42. The molecule has 2 aliphatic heterocycles. The van der Waals surface area contributed by atoms with Crippen LogP contribution < -0.4 is 4.90 Å². The Morgan fingerprint density at radius 3 is 2.56 bits per heavy atom. The van der Waals surface area contributed by atoms with Crippen LogP contribution in [0.3, 0.4) is 0 Å². The fourth-order valence-corrected chi connectivity index (χ4v) is 6.14. The molecule has 1 N–H and O–H groups in total. The zero-order valence-corrected chi connectivity index (χ0v) is 18.3. The second-order valence-corrected chi connectivity index (χ2v) is 9.78. The molecule has 3 fully saturated rings. The van der Waals surface area contributed by atoms with Gasteiger partial charge in [-0.1, -0.05) is 24.3 Å². The lowest BCUT2D eigenvalue weighted by atomic mass is 9.77. The van der Waals surface area contributed by atoms with E-state index < -0.39 is 0 Å². The molecule has 1 aliphatic carbocycles. The van der Waals surface area contributed by atoms with Crippen molar-refractivity contribution in [1.82, 2.24) is 14.5 Å². The van der Waals surface area contributed by atoms with Crippen LogP contribution in [0.1, 0.15) is 37.3 Å². The highest BCUT2D eigenvalue weighted by Crippen LogP contribution is 2.42. The maximum absolute atomic E-state index is 12.0. The highest BCUT2D eigenvalue weighted by molar-refractivity contribution is 5.95. The van der Waals surface area contributed by atoms with Gasteiger partial charge in [0.2, 0.25) is 5.91 Å². The summed E-state index contributed by atoms with van der Waals surface area (Å²) < 4.78 is 2.19. The topological polar surface area (TPSA) is 61.6 Å². The molecular formula is C26H30N4O2. The van der Waals surface area contributed by atoms with Gasteiger partial charge in [0.05, 0.1) is 29.5 Å². The van der Waals surface area contributed by atoms with E-state index >= 15 is 0 Å². The van der Waals surface area contributed by atoms with Crippen molar-refractivity contribution in [1.29, 1.82) is 0 Å². The molecule has 6 heteroatoms. The van der Waals surface area contributed by atoms with Gasteiger partial charge in [0.25, 0.3) is 0 Å². The van der Waals surface area contributed by atoms with Gasteiger partial charge in [0, 0.05) is 38.3 Å². The minimum absolute atomic E-state index is 0.0980. The molecule has 0 radical (unpaired) electrons. The Morgan fingerprint density at radius 2 is 1.78 bits per heavy atom. The second-order valence-electron chi connectivity index (χ2n) is 9.78. The molecule has 0 bridgehead atoms. The zero-order valence-electron chi connectivity index (χ0n) is 18.3. The lowest BCUT2D eigenvalue weighted by Crippen LogP contribution is -2.36. The van der Waals surface area contributed by atoms with Crippen LogP contribution in [-0.4, -0.2) is 51.2 Å². The molecule has 6 nitrogen and oxygen atoms in total. The summed E-state index contributed by atoms with van der Waals surface area (Å²) in [4.78, 5) is 21.0. The number of imidazole rings is 1. The molecule has 2 saturated heterocycles. The van der Waals surface area contributed by atoms with Gasteiger partial charge in [-0.25, -0.2) is 4.98 Å². The quantitative estimate of drug-likeness (QED) is 0.687. The van der Waals surface area contributed by atoms with Crippen LogP contribution in [0.25, 0.3) is 11.0 Å². The fourth-order valence-electron chi connectivity index (χ4n) is 6.14. The van der Waals surface area contributed by atoms with Crippen molar-refractivity contribution >= 4 is 22.6 Å². The van der Waals surface area contributed by atoms with Gasteiger partial charge in [0.15, 0.2) is 0 Å². The van der Waals surface area contributed by atoms with Crippen LogP contribution in [0.4, 0.5) is 5.69 Å². The molecule has 3 aliphatic rings. The van der Waals surface area contributed by atoms with Gasteiger partial charge in [-0.2, -0.15) is 0 Å². The van der Waals surface area contributed by atoms with Crippen LogP contribution in [0.2, 0.25) is 0 Å². The smallest absolute Gasteiger partial charge is 0.227 e. The van der Waals surface area contributed by atoms with E-state index in [1.165, 1.54) is 5.56 Å². The molecule has 0 spiro atoms. The van der Waals surface area contributed by atoms with E-state index in [0.29, 0.717) is 18.3 Å². The minimum Gasteiger partial charge on any atom is -0.391 e. The van der Waals surface area contributed by atoms with E-state index in [1.807, 2.05) is 29.4 Å². The third-order valence-electron chi connectivity index (χ3n) is 7.75. The molecule has 4 atom stereocenters. The number of fused-ring (bicyclic) bond motifs is 2. The van der Waals surface area contributed by atoms with Crippen molar-refractivity contribution in [3.63, 3.8) is 0 Å². The van der Waals surface area contributed by atoms with E-state index in [4.69, 9.17) is 0 Å². The molecule has 1 amide bonds. The average molecular weight is 431 g/mol. The molecular weight excluding hydrogens is 400 g/mol. The van der Waals surface area contributed by atoms with Crippen LogP contribution in [0.5, 0.6) is 0 Å². The van der Waals surface area contributed by atoms with Crippen molar-refractivity contribution < 1.29 is 9.90 Å². The normalized spacial score (nSPS) is 28.5. The van der Waals surface area contributed by atoms with Crippen molar-refractivity contribution in [3.05, 3.63) is 60.4 Å². The largest absolute Gasteiger partial charge is 0.391 e. The highest BCUT2D eigenvalue weighted by atomic mass is 16.3. The Hall–Kier alpha value is -2.70. The summed E-state index contributed by atoms with van der Waals surface area (Å²) in [5.74, 6) is 1.39. The third kappa shape index (κ3) is 3.51. The molecule has 1 aromatic heterocycles. The number of aliphatic hydroxyl groups is 1. The number of benzene rings is 2. The lowest BCUT2D eigenvalue weighted by Gasteiger charge is -2.36. The van der Waals surface area contributed by atoms with Gasteiger partial charge in [0.1, 0.15) is 0 Å². The number of aliphatic hydroxyl groups excluding tert-OH is 1. The summed E-state index contributed by atoms with van der Waals surface area (Å²) in [6, 6.07) is 16.8. The molecule has 3 heterocycles. The Kier molecular flexibility index (Phi) is 5.00. The summed E-state index contributed by atoms with van der Waals surface area (Å²) in [5, 5.41) is 11.0. The first-order valence-electron chi connectivity index (χ1n) is 11.9. The monoisotopic (exact) mass is 430 g/mol. The first kappa shape index (κ1) is 19.9. The number of nitrogens with zero attached hydrogens (tertiary/aromatic N) is 4. The molecule has 3 aromatic rings. The predicted molar refractivity (Wildman–Crippen MR) is 124 cm³/mol. The second kappa shape index (κ2) is 8.01. The van der Waals surface area contributed by atoms with Gasteiger partial charge in [-0.05, 0) is 60.9 Å². The minimum atomic E-state index is -0.328. The zero-order chi connectivity index (χ0) is 21.7. The molecule has 6 rings (SSSR count). The summed E-state index contributed by atoms with van der Waals surface area (Å²) in [6.45, 7) is 3.89. The van der Waals surface area contributed by atoms with Crippen molar-refractivity contribution in [2.24, 2.45) is 11.8 Å². The Morgan fingerprint density at radius 1 is 1.00 bits per heavy atom. The summed E-state index contributed by atoms with van der Waals surface area (Å²) in [7, 11) is 0. The molecule has 32 heavy (non-hydrogen) atoms. The number of amides is 1. The maximum atomic E-state index is 12.0. The van der Waals surface area contributed by atoms with Gasteiger partial charge in [-0.3, -0.25) is 9.69 Å². The van der Waals surface area contributed by atoms with E-state index in [9.17, 15) is 9.90 Å². The Balaban J connectivity index is 1.13. The van der Waals surface area contributed by atoms with Crippen LogP contribution in [0, 0.1) is 11.8 Å². The molecule has 2 aromatic carbocycles. The first-order valence-corrected chi connectivity index (χ1v) is 11.9. The van der Waals surface area contributed by atoms with Crippen molar-refractivity contribution in [2.45, 2.75) is 44.4 Å². The number of rotatable bonds is 4. The van der Waals surface area contributed by atoms with Gasteiger partial charge < -0.3 is 14.6 Å². The van der Waals surface area contributed by atoms with Crippen LogP contribution in [0.15, 0.2) is 54.9 Å². The summed E-state index contributed by atoms with van der Waals surface area (Å²) in [5.41, 5.74) is 4.41. The Labute approximate surface area is 188 Å². The number of likely N-dealkylation sites (tertiary alicyclic amines) is 1. The molecule has 1 saturated carbocycles. The SMILES string of the molecule is O=C1CCCN1c1ccc(CN2C[C@H]3C[C@@H](n4cnc5ccccc54)[C@H](O)C[C@H]3C2)cc1. The van der Waals surface area contributed by atoms with Crippen LogP contribution in [-0.2, 0) is 11.3 Å². The lowest BCUT2D eigenvalue weighted by molar-refractivity contribution is -0.117.